The summed E-state index contributed by atoms with van der Waals surface area (Å²) in [6.07, 6.45) is 0.964. The van der Waals surface area contributed by atoms with Crippen LogP contribution in [-0.4, -0.2) is 15.7 Å². The van der Waals surface area contributed by atoms with Gasteiger partial charge >= 0.3 is 0 Å². The van der Waals surface area contributed by atoms with Gasteiger partial charge in [-0.2, -0.15) is 5.10 Å². The van der Waals surface area contributed by atoms with Gasteiger partial charge in [0.15, 0.2) is 0 Å². The second-order valence-electron chi connectivity index (χ2n) is 6.56. The number of amides is 1. The maximum absolute atomic E-state index is 12.4. The molecule has 2 aromatic carbocycles. The molecule has 3 aromatic rings. The average Bonchev–Trinajstić information content (AvgIpc) is 2.67. The van der Waals surface area contributed by atoms with E-state index in [1.807, 2.05) is 56.3 Å². The Hall–Kier alpha value is -3.21. The monoisotopic (exact) mass is 361 g/mol. The number of carbonyl (C=O) groups is 1. The van der Waals surface area contributed by atoms with Crippen molar-refractivity contribution < 1.29 is 4.79 Å². The highest BCUT2D eigenvalue weighted by Gasteiger charge is 2.10. The van der Waals surface area contributed by atoms with Crippen LogP contribution in [0.2, 0.25) is 0 Å². The van der Waals surface area contributed by atoms with Crippen molar-refractivity contribution in [1.82, 2.24) is 9.78 Å². The van der Waals surface area contributed by atoms with Crippen LogP contribution in [0.3, 0.4) is 0 Å². The lowest BCUT2D eigenvalue weighted by molar-refractivity contribution is -0.117. The summed E-state index contributed by atoms with van der Waals surface area (Å²) < 4.78 is 1.20. The van der Waals surface area contributed by atoms with Gasteiger partial charge in [0.1, 0.15) is 6.54 Å². The zero-order chi connectivity index (χ0) is 19.4. The summed E-state index contributed by atoms with van der Waals surface area (Å²) >= 11 is 0. The molecule has 0 atom stereocenters. The minimum absolute atomic E-state index is 0.132. The van der Waals surface area contributed by atoms with Crippen molar-refractivity contribution in [1.29, 1.82) is 0 Å². The summed E-state index contributed by atoms with van der Waals surface area (Å²) in [6, 6.07) is 16.9. The predicted molar refractivity (Wildman–Crippen MR) is 108 cm³/mol. The molecule has 1 aromatic heterocycles. The van der Waals surface area contributed by atoms with E-state index in [4.69, 9.17) is 0 Å². The van der Waals surface area contributed by atoms with E-state index in [0.29, 0.717) is 5.69 Å². The number of rotatable bonds is 5. The average molecular weight is 361 g/mol. The molecule has 0 unspecified atom stereocenters. The highest BCUT2D eigenvalue weighted by molar-refractivity contribution is 5.91. The smallest absolute Gasteiger partial charge is 0.267 e. The number of anilines is 1. The van der Waals surface area contributed by atoms with Gasteiger partial charge in [-0.05, 0) is 49.1 Å². The van der Waals surface area contributed by atoms with Gasteiger partial charge in [0.2, 0.25) is 5.91 Å². The van der Waals surface area contributed by atoms with E-state index >= 15 is 0 Å². The Morgan fingerprint density at radius 3 is 2.48 bits per heavy atom. The fourth-order valence-electron chi connectivity index (χ4n) is 2.84. The predicted octanol–water partition coefficient (Wildman–Crippen LogP) is 3.73. The van der Waals surface area contributed by atoms with Gasteiger partial charge < -0.3 is 5.32 Å². The number of hydrogen-bond acceptors (Lipinski definition) is 3. The molecule has 1 N–H and O–H groups in total. The fourth-order valence-corrected chi connectivity index (χ4v) is 2.84. The summed E-state index contributed by atoms with van der Waals surface area (Å²) in [5.41, 5.74) is 5.36. The first-order chi connectivity index (χ1) is 13.0. The Kier molecular flexibility index (Phi) is 5.50. The Balaban J connectivity index is 1.80. The normalized spacial score (nSPS) is 10.6. The third kappa shape index (κ3) is 4.31. The molecular weight excluding hydrogens is 338 g/mol. The number of nitrogens with zero attached hydrogens (tertiary/aromatic N) is 2. The summed E-state index contributed by atoms with van der Waals surface area (Å²) in [7, 11) is 0. The quantitative estimate of drug-likeness (QED) is 0.753. The van der Waals surface area contributed by atoms with Crippen LogP contribution in [0.4, 0.5) is 5.69 Å². The Bertz CT molecular complexity index is 1020. The molecule has 27 heavy (non-hydrogen) atoms. The van der Waals surface area contributed by atoms with E-state index in [9.17, 15) is 9.59 Å². The molecule has 1 amide bonds. The second-order valence-corrected chi connectivity index (χ2v) is 6.56. The molecule has 0 fully saturated rings. The molecule has 0 radical (unpaired) electrons. The van der Waals surface area contributed by atoms with Gasteiger partial charge in [0.25, 0.3) is 5.56 Å². The Labute approximate surface area is 158 Å². The van der Waals surface area contributed by atoms with Gasteiger partial charge in [0.05, 0.1) is 5.69 Å². The molecular formula is C22H23N3O2. The van der Waals surface area contributed by atoms with Crippen LogP contribution >= 0.6 is 0 Å². The van der Waals surface area contributed by atoms with E-state index in [2.05, 4.69) is 17.3 Å². The number of benzene rings is 2. The standard InChI is InChI=1S/C22H23N3O2/c1-4-17-8-10-18(11-9-17)20-12-13-22(27)25(24-20)14-21(26)23-19-7-5-6-15(2)16(19)3/h5-13H,4,14H2,1-3H3,(H,23,26). The van der Waals surface area contributed by atoms with Gasteiger partial charge in [-0.3, -0.25) is 9.59 Å². The topological polar surface area (TPSA) is 64.0 Å². The lowest BCUT2D eigenvalue weighted by Crippen LogP contribution is -2.29. The van der Waals surface area contributed by atoms with Crippen molar-refractivity contribution in [3.63, 3.8) is 0 Å². The van der Waals surface area contributed by atoms with Crippen LogP contribution in [0, 0.1) is 13.8 Å². The molecule has 3 rings (SSSR count). The number of aryl methyl sites for hydroxylation is 2. The molecule has 0 aliphatic heterocycles. The molecule has 138 valence electrons. The summed E-state index contributed by atoms with van der Waals surface area (Å²) in [4.78, 5) is 24.6. The van der Waals surface area contributed by atoms with Crippen LogP contribution < -0.4 is 10.9 Å². The first kappa shape index (κ1) is 18.6. The van der Waals surface area contributed by atoms with Crippen molar-refractivity contribution in [3.05, 3.63) is 81.6 Å². The third-order valence-corrected chi connectivity index (χ3v) is 4.70. The first-order valence-electron chi connectivity index (χ1n) is 9.01. The molecule has 0 saturated heterocycles. The van der Waals surface area contributed by atoms with Gasteiger partial charge in [-0.25, -0.2) is 4.68 Å². The Morgan fingerprint density at radius 1 is 1.04 bits per heavy atom. The number of nitrogens with one attached hydrogen (secondary N) is 1. The van der Waals surface area contributed by atoms with Crippen molar-refractivity contribution in [2.45, 2.75) is 33.7 Å². The molecule has 5 heteroatoms. The number of carbonyl (C=O) groups excluding carboxylic acids is 1. The molecule has 0 spiro atoms. The molecule has 0 aliphatic carbocycles. The van der Waals surface area contributed by atoms with Crippen LogP contribution in [-0.2, 0) is 17.8 Å². The van der Waals surface area contributed by atoms with E-state index in [1.165, 1.54) is 16.3 Å². The lowest BCUT2D eigenvalue weighted by Gasteiger charge is -2.11. The number of hydrogen-bond donors (Lipinski definition) is 1. The van der Waals surface area contributed by atoms with Crippen LogP contribution in [0.1, 0.15) is 23.6 Å². The summed E-state index contributed by atoms with van der Waals surface area (Å²) in [6.45, 7) is 5.91. The minimum Gasteiger partial charge on any atom is -0.324 e. The molecule has 0 bridgehead atoms. The van der Waals surface area contributed by atoms with Crippen LogP contribution in [0.25, 0.3) is 11.3 Å². The highest BCUT2D eigenvalue weighted by atomic mass is 16.2. The second kappa shape index (κ2) is 7.99. The van der Waals surface area contributed by atoms with E-state index in [-0.39, 0.29) is 18.0 Å². The zero-order valence-electron chi connectivity index (χ0n) is 15.8. The SMILES string of the molecule is CCc1ccc(-c2ccc(=O)n(CC(=O)Nc3cccc(C)c3C)n2)cc1. The van der Waals surface area contributed by atoms with Crippen molar-refractivity contribution in [2.24, 2.45) is 0 Å². The molecule has 1 heterocycles. The Morgan fingerprint density at radius 2 is 1.78 bits per heavy atom. The molecule has 0 saturated carbocycles. The van der Waals surface area contributed by atoms with Crippen molar-refractivity contribution in [2.75, 3.05) is 5.32 Å². The van der Waals surface area contributed by atoms with Crippen molar-refractivity contribution in [3.8, 4) is 11.3 Å². The highest BCUT2D eigenvalue weighted by Crippen LogP contribution is 2.18. The lowest BCUT2D eigenvalue weighted by atomic mass is 10.1. The largest absolute Gasteiger partial charge is 0.324 e. The van der Waals surface area contributed by atoms with Crippen LogP contribution in [0.5, 0.6) is 0 Å². The maximum atomic E-state index is 12.4. The van der Waals surface area contributed by atoms with Gasteiger partial charge in [-0.1, -0.05) is 43.3 Å². The van der Waals surface area contributed by atoms with Gasteiger partial charge in [-0.15, -0.1) is 0 Å². The molecule has 0 aliphatic rings. The zero-order valence-corrected chi connectivity index (χ0v) is 15.8. The van der Waals surface area contributed by atoms with Crippen LogP contribution in [0.15, 0.2) is 59.4 Å². The number of aromatic nitrogens is 2. The van der Waals surface area contributed by atoms with E-state index in [1.54, 1.807) is 6.07 Å². The fraction of sp³-hybridized carbons (Fsp3) is 0.227. The minimum atomic E-state index is -0.306. The maximum Gasteiger partial charge on any atom is 0.267 e. The molecule has 5 nitrogen and oxygen atoms in total. The first-order valence-corrected chi connectivity index (χ1v) is 9.01. The van der Waals surface area contributed by atoms with E-state index < -0.39 is 0 Å². The summed E-state index contributed by atoms with van der Waals surface area (Å²) in [5.74, 6) is -0.281. The summed E-state index contributed by atoms with van der Waals surface area (Å²) in [5, 5.41) is 7.23. The van der Waals surface area contributed by atoms with E-state index in [0.717, 1.165) is 28.8 Å². The van der Waals surface area contributed by atoms with Crippen molar-refractivity contribution >= 4 is 11.6 Å². The van der Waals surface area contributed by atoms with Gasteiger partial charge in [0, 0.05) is 17.3 Å². The third-order valence-electron chi connectivity index (χ3n) is 4.70.